The molecular weight excluding hydrogens is 210 g/mol. The molecule has 0 fully saturated rings. The smallest absolute Gasteiger partial charge is 0.127 e. The van der Waals surface area contributed by atoms with Crippen molar-refractivity contribution in [1.82, 2.24) is 15.3 Å². The average Bonchev–Trinajstić information content (AvgIpc) is 2.83. The highest BCUT2D eigenvalue weighted by Crippen LogP contribution is 2.23. The van der Waals surface area contributed by atoms with E-state index in [1.165, 1.54) is 16.7 Å². The summed E-state index contributed by atoms with van der Waals surface area (Å²) in [7, 11) is 0. The maximum atomic E-state index is 4.36. The first-order valence-electron chi connectivity index (χ1n) is 6.02. The van der Waals surface area contributed by atoms with Crippen molar-refractivity contribution in [3.05, 3.63) is 53.1 Å². The fraction of sp³-hybridized carbons (Fsp3) is 0.357. The molecule has 0 saturated carbocycles. The highest BCUT2D eigenvalue weighted by molar-refractivity contribution is 5.36. The van der Waals surface area contributed by atoms with Crippen LogP contribution in [0.1, 0.15) is 35.5 Å². The Morgan fingerprint density at radius 2 is 2.18 bits per heavy atom. The lowest BCUT2D eigenvalue weighted by Gasteiger charge is -2.19. The highest BCUT2D eigenvalue weighted by atomic mass is 15.0. The van der Waals surface area contributed by atoms with Gasteiger partial charge in [0.15, 0.2) is 0 Å². The molecular formula is C14H19N3. The van der Waals surface area contributed by atoms with Gasteiger partial charge >= 0.3 is 0 Å². The molecule has 2 rings (SSSR count). The Bertz CT molecular complexity index is 474. The Labute approximate surface area is 102 Å². The average molecular weight is 229 g/mol. The number of aromatic nitrogens is 2. The summed E-state index contributed by atoms with van der Waals surface area (Å²) < 4.78 is 0. The van der Waals surface area contributed by atoms with Crippen LogP contribution >= 0.6 is 0 Å². The minimum Gasteiger partial charge on any atom is -0.347 e. The molecule has 1 aromatic carbocycles. The molecule has 0 aliphatic carbocycles. The fourth-order valence-corrected chi connectivity index (χ4v) is 2.06. The van der Waals surface area contributed by atoms with Crippen LogP contribution in [0.15, 0.2) is 30.6 Å². The molecule has 0 radical (unpaired) electrons. The van der Waals surface area contributed by atoms with Gasteiger partial charge in [0, 0.05) is 12.4 Å². The van der Waals surface area contributed by atoms with Gasteiger partial charge in [0.05, 0.1) is 6.04 Å². The molecule has 1 aromatic heterocycles. The van der Waals surface area contributed by atoms with Gasteiger partial charge in [-0.05, 0) is 31.5 Å². The Balaban J connectivity index is 2.42. The number of hydrogen-bond donors (Lipinski definition) is 2. The van der Waals surface area contributed by atoms with Crippen molar-refractivity contribution in [2.75, 3.05) is 6.54 Å². The quantitative estimate of drug-likeness (QED) is 0.846. The monoisotopic (exact) mass is 229 g/mol. The van der Waals surface area contributed by atoms with E-state index in [-0.39, 0.29) is 6.04 Å². The number of H-pyrrole nitrogens is 1. The van der Waals surface area contributed by atoms with Gasteiger partial charge in [0.2, 0.25) is 0 Å². The summed E-state index contributed by atoms with van der Waals surface area (Å²) in [5, 5.41) is 3.48. The van der Waals surface area contributed by atoms with E-state index >= 15 is 0 Å². The lowest BCUT2D eigenvalue weighted by Crippen LogP contribution is -2.24. The number of nitrogens with zero attached hydrogens (tertiary/aromatic N) is 1. The van der Waals surface area contributed by atoms with Crippen LogP contribution in [0.3, 0.4) is 0 Å². The third-order valence-corrected chi connectivity index (χ3v) is 2.95. The number of imidazole rings is 1. The summed E-state index contributed by atoms with van der Waals surface area (Å²) in [6, 6.07) is 6.68. The standard InChI is InChI=1S/C14H19N3/c1-4-15-13(14-16-7-8-17-14)12-9-10(2)5-6-11(12)3/h5-9,13,15H,4H2,1-3H3,(H,16,17). The zero-order valence-electron chi connectivity index (χ0n) is 10.6. The van der Waals surface area contributed by atoms with E-state index in [0.29, 0.717) is 0 Å². The highest BCUT2D eigenvalue weighted by Gasteiger charge is 2.17. The number of aromatic amines is 1. The molecule has 0 aliphatic heterocycles. The second-order valence-electron chi connectivity index (χ2n) is 4.33. The van der Waals surface area contributed by atoms with Crippen LogP contribution in [0.5, 0.6) is 0 Å². The topological polar surface area (TPSA) is 40.7 Å². The first kappa shape index (κ1) is 11.9. The van der Waals surface area contributed by atoms with Crippen LogP contribution in [0.2, 0.25) is 0 Å². The molecule has 0 aliphatic rings. The van der Waals surface area contributed by atoms with E-state index in [2.05, 4.69) is 54.3 Å². The Morgan fingerprint density at radius 3 is 2.82 bits per heavy atom. The van der Waals surface area contributed by atoms with E-state index in [1.54, 1.807) is 6.20 Å². The van der Waals surface area contributed by atoms with Crippen LogP contribution in [0.4, 0.5) is 0 Å². The van der Waals surface area contributed by atoms with Crippen LogP contribution in [-0.2, 0) is 0 Å². The van der Waals surface area contributed by atoms with E-state index < -0.39 is 0 Å². The van der Waals surface area contributed by atoms with Gasteiger partial charge in [-0.25, -0.2) is 4.98 Å². The summed E-state index contributed by atoms with van der Waals surface area (Å²) in [5.74, 6) is 0.973. The Kier molecular flexibility index (Phi) is 3.59. The van der Waals surface area contributed by atoms with E-state index in [4.69, 9.17) is 0 Å². The van der Waals surface area contributed by atoms with E-state index in [1.807, 2.05) is 6.20 Å². The number of hydrogen-bond acceptors (Lipinski definition) is 2. The van der Waals surface area contributed by atoms with Gasteiger partial charge in [-0.2, -0.15) is 0 Å². The minimum atomic E-state index is 0.148. The SMILES string of the molecule is CCNC(c1ncc[nH]1)c1cc(C)ccc1C. The predicted molar refractivity (Wildman–Crippen MR) is 70.0 cm³/mol. The zero-order chi connectivity index (χ0) is 12.3. The van der Waals surface area contributed by atoms with Gasteiger partial charge in [0.1, 0.15) is 5.82 Å². The molecule has 1 unspecified atom stereocenters. The molecule has 0 saturated heterocycles. The molecule has 2 aromatic rings. The molecule has 1 atom stereocenters. The maximum absolute atomic E-state index is 4.36. The van der Waals surface area contributed by atoms with Gasteiger partial charge in [-0.1, -0.05) is 30.7 Å². The summed E-state index contributed by atoms with van der Waals surface area (Å²) in [6.07, 6.45) is 3.66. The largest absolute Gasteiger partial charge is 0.347 e. The lowest BCUT2D eigenvalue weighted by molar-refractivity contribution is 0.600. The van der Waals surface area contributed by atoms with Crippen LogP contribution < -0.4 is 5.32 Å². The summed E-state index contributed by atoms with van der Waals surface area (Å²) in [6.45, 7) is 7.29. The zero-order valence-corrected chi connectivity index (χ0v) is 10.6. The van der Waals surface area contributed by atoms with Crippen LogP contribution in [-0.4, -0.2) is 16.5 Å². The molecule has 0 spiro atoms. The molecule has 0 bridgehead atoms. The molecule has 3 heteroatoms. The molecule has 90 valence electrons. The molecule has 1 heterocycles. The molecule has 3 nitrogen and oxygen atoms in total. The molecule has 2 N–H and O–H groups in total. The molecule has 17 heavy (non-hydrogen) atoms. The van der Waals surface area contributed by atoms with Crippen molar-refractivity contribution in [2.24, 2.45) is 0 Å². The third-order valence-electron chi connectivity index (χ3n) is 2.95. The predicted octanol–water partition coefficient (Wildman–Crippen LogP) is 2.73. The van der Waals surface area contributed by atoms with Crippen molar-refractivity contribution in [3.63, 3.8) is 0 Å². The van der Waals surface area contributed by atoms with Gasteiger partial charge < -0.3 is 10.3 Å². The van der Waals surface area contributed by atoms with Crippen molar-refractivity contribution >= 4 is 0 Å². The van der Waals surface area contributed by atoms with Gasteiger partial charge in [-0.3, -0.25) is 0 Å². The minimum absolute atomic E-state index is 0.148. The summed E-state index contributed by atoms with van der Waals surface area (Å²) in [4.78, 5) is 7.56. The number of nitrogens with one attached hydrogen (secondary N) is 2. The van der Waals surface area contributed by atoms with Crippen molar-refractivity contribution in [1.29, 1.82) is 0 Å². The third kappa shape index (κ3) is 2.56. The number of benzene rings is 1. The second-order valence-corrected chi connectivity index (χ2v) is 4.33. The number of rotatable bonds is 4. The first-order valence-corrected chi connectivity index (χ1v) is 6.02. The van der Waals surface area contributed by atoms with Crippen molar-refractivity contribution in [2.45, 2.75) is 26.8 Å². The Morgan fingerprint density at radius 1 is 1.35 bits per heavy atom. The summed E-state index contributed by atoms with van der Waals surface area (Å²) in [5.41, 5.74) is 3.86. The van der Waals surface area contributed by atoms with Crippen molar-refractivity contribution in [3.8, 4) is 0 Å². The summed E-state index contributed by atoms with van der Waals surface area (Å²) >= 11 is 0. The van der Waals surface area contributed by atoms with Crippen LogP contribution in [0.25, 0.3) is 0 Å². The first-order chi connectivity index (χ1) is 8.22. The van der Waals surface area contributed by atoms with Gasteiger partial charge in [0.25, 0.3) is 0 Å². The van der Waals surface area contributed by atoms with E-state index in [9.17, 15) is 0 Å². The lowest BCUT2D eigenvalue weighted by atomic mass is 9.98. The van der Waals surface area contributed by atoms with Gasteiger partial charge in [-0.15, -0.1) is 0 Å². The van der Waals surface area contributed by atoms with E-state index in [0.717, 1.165) is 12.4 Å². The second kappa shape index (κ2) is 5.15. The fourth-order valence-electron chi connectivity index (χ4n) is 2.06. The normalized spacial score (nSPS) is 12.6. The Hall–Kier alpha value is -1.61. The van der Waals surface area contributed by atoms with Crippen molar-refractivity contribution < 1.29 is 0 Å². The molecule has 0 amide bonds. The van der Waals surface area contributed by atoms with Crippen LogP contribution in [0, 0.1) is 13.8 Å². The maximum Gasteiger partial charge on any atom is 0.127 e. The number of aryl methyl sites for hydroxylation is 2.